The fourth-order valence-electron chi connectivity index (χ4n) is 2.46. The van der Waals surface area contributed by atoms with Crippen molar-refractivity contribution in [3.63, 3.8) is 0 Å². The van der Waals surface area contributed by atoms with Crippen molar-refractivity contribution in [2.75, 3.05) is 19.7 Å². The number of ether oxygens (including phenoxy) is 1. The van der Waals surface area contributed by atoms with Crippen LogP contribution >= 0.6 is 0 Å². The molecule has 0 saturated carbocycles. The summed E-state index contributed by atoms with van der Waals surface area (Å²) in [7, 11) is 0. The lowest BCUT2D eigenvalue weighted by atomic mass is 10.1. The molecule has 1 aliphatic rings. The van der Waals surface area contributed by atoms with E-state index in [0.29, 0.717) is 19.7 Å². The molecule has 1 fully saturated rings. The maximum Gasteiger partial charge on any atom is 0.307 e. The molecule has 2 N–H and O–H groups in total. The zero-order valence-corrected chi connectivity index (χ0v) is 13.3. The Morgan fingerprint density at radius 1 is 1.10 bits per heavy atom. The van der Waals surface area contributed by atoms with E-state index >= 15 is 0 Å². The standard InChI is InChI=1S/C16H30N2O3/c1-2-3-4-5-6-7-8-9-12-21-15(19)13-14-16(20)18-11-10-17-14/h14,17H,2-13H2,1H3,(H,18,20)/t14-/m1/s1. The van der Waals surface area contributed by atoms with Crippen molar-refractivity contribution >= 4 is 11.9 Å². The molecule has 0 aromatic rings. The van der Waals surface area contributed by atoms with Gasteiger partial charge in [-0.05, 0) is 6.42 Å². The number of piperazine rings is 1. The Balaban J connectivity index is 1.92. The van der Waals surface area contributed by atoms with Gasteiger partial charge in [0.05, 0.1) is 19.1 Å². The third-order valence-corrected chi connectivity index (χ3v) is 3.76. The predicted molar refractivity (Wildman–Crippen MR) is 83.0 cm³/mol. The van der Waals surface area contributed by atoms with Gasteiger partial charge in [0.1, 0.15) is 0 Å². The molecule has 0 aromatic heterocycles. The fourth-order valence-corrected chi connectivity index (χ4v) is 2.46. The molecule has 0 aromatic carbocycles. The molecular weight excluding hydrogens is 268 g/mol. The van der Waals surface area contributed by atoms with Crippen molar-refractivity contribution < 1.29 is 14.3 Å². The van der Waals surface area contributed by atoms with Gasteiger partial charge in [-0.15, -0.1) is 0 Å². The number of nitrogens with one attached hydrogen (secondary N) is 2. The Kier molecular flexibility index (Phi) is 9.87. The van der Waals surface area contributed by atoms with Crippen molar-refractivity contribution in [1.29, 1.82) is 0 Å². The van der Waals surface area contributed by atoms with Gasteiger partial charge in [0.25, 0.3) is 0 Å². The molecule has 0 aliphatic carbocycles. The first-order chi connectivity index (χ1) is 10.2. The molecule has 5 heteroatoms. The van der Waals surface area contributed by atoms with Gasteiger partial charge in [0.15, 0.2) is 0 Å². The normalized spacial score (nSPS) is 18.3. The Bertz CT molecular complexity index is 308. The van der Waals surface area contributed by atoms with Crippen LogP contribution in [0.25, 0.3) is 0 Å². The first-order valence-corrected chi connectivity index (χ1v) is 8.40. The van der Waals surface area contributed by atoms with Crippen molar-refractivity contribution in [1.82, 2.24) is 10.6 Å². The zero-order valence-electron chi connectivity index (χ0n) is 13.3. The Hall–Kier alpha value is -1.10. The van der Waals surface area contributed by atoms with Crippen LogP contribution in [0.5, 0.6) is 0 Å². The average Bonchev–Trinajstić information content (AvgIpc) is 2.48. The summed E-state index contributed by atoms with van der Waals surface area (Å²) in [4.78, 5) is 23.1. The number of amides is 1. The van der Waals surface area contributed by atoms with E-state index in [1.165, 1.54) is 38.5 Å². The smallest absolute Gasteiger partial charge is 0.307 e. The largest absolute Gasteiger partial charge is 0.466 e. The number of esters is 1. The molecule has 1 rings (SSSR count). The van der Waals surface area contributed by atoms with E-state index in [-0.39, 0.29) is 18.3 Å². The highest BCUT2D eigenvalue weighted by molar-refractivity contribution is 5.87. The second-order valence-electron chi connectivity index (χ2n) is 5.70. The summed E-state index contributed by atoms with van der Waals surface area (Å²) in [5.74, 6) is -0.391. The van der Waals surface area contributed by atoms with Gasteiger partial charge in [0.2, 0.25) is 5.91 Å². The van der Waals surface area contributed by atoms with E-state index in [2.05, 4.69) is 17.6 Å². The summed E-state index contributed by atoms with van der Waals surface area (Å²) >= 11 is 0. The molecule has 1 heterocycles. The van der Waals surface area contributed by atoms with Crippen molar-refractivity contribution in [2.45, 2.75) is 70.8 Å². The highest BCUT2D eigenvalue weighted by Crippen LogP contribution is 2.08. The second-order valence-corrected chi connectivity index (χ2v) is 5.70. The van der Waals surface area contributed by atoms with Crippen LogP contribution < -0.4 is 10.6 Å². The zero-order chi connectivity index (χ0) is 15.3. The van der Waals surface area contributed by atoms with Gasteiger partial charge in [-0.2, -0.15) is 0 Å². The molecule has 1 atom stereocenters. The van der Waals surface area contributed by atoms with E-state index in [1.807, 2.05) is 0 Å². The minimum Gasteiger partial charge on any atom is -0.466 e. The fraction of sp³-hybridized carbons (Fsp3) is 0.875. The van der Waals surface area contributed by atoms with Crippen LogP contribution in [0.3, 0.4) is 0 Å². The topological polar surface area (TPSA) is 67.4 Å². The maximum atomic E-state index is 11.6. The Labute approximate surface area is 128 Å². The molecule has 1 amide bonds. The highest BCUT2D eigenvalue weighted by atomic mass is 16.5. The molecular formula is C16H30N2O3. The van der Waals surface area contributed by atoms with Gasteiger partial charge < -0.3 is 15.4 Å². The first kappa shape index (κ1) is 18.0. The molecule has 0 bridgehead atoms. The lowest BCUT2D eigenvalue weighted by Gasteiger charge is -2.22. The number of rotatable bonds is 11. The molecule has 5 nitrogen and oxygen atoms in total. The van der Waals surface area contributed by atoms with Crippen LogP contribution in [0, 0.1) is 0 Å². The summed E-state index contributed by atoms with van der Waals surface area (Å²) in [5.41, 5.74) is 0. The minimum absolute atomic E-state index is 0.106. The predicted octanol–water partition coefficient (Wildman–Crippen LogP) is 2.15. The number of carbonyl (C=O) groups excluding carboxylic acids is 2. The van der Waals surface area contributed by atoms with E-state index in [4.69, 9.17) is 4.74 Å². The Morgan fingerprint density at radius 2 is 1.76 bits per heavy atom. The third-order valence-electron chi connectivity index (χ3n) is 3.76. The van der Waals surface area contributed by atoms with E-state index in [1.54, 1.807) is 0 Å². The molecule has 21 heavy (non-hydrogen) atoms. The lowest BCUT2D eigenvalue weighted by Crippen LogP contribution is -2.53. The van der Waals surface area contributed by atoms with Gasteiger partial charge in [0, 0.05) is 13.1 Å². The van der Waals surface area contributed by atoms with Crippen LogP contribution in [0.4, 0.5) is 0 Å². The van der Waals surface area contributed by atoms with Crippen LogP contribution in [0.1, 0.15) is 64.7 Å². The van der Waals surface area contributed by atoms with Crippen LogP contribution in [-0.4, -0.2) is 37.6 Å². The van der Waals surface area contributed by atoms with Gasteiger partial charge in [-0.3, -0.25) is 9.59 Å². The molecule has 122 valence electrons. The molecule has 0 spiro atoms. The van der Waals surface area contributed by atoms with Gasteiger partial charge in [-0.25, -0.2) is 0 Å². The number of hydrogen-bond acceptors (Lipinski definition) is 4. The van der Waals surface area contributed by atoms with Crippen LogP contribution in [-0.2, 0) is 14.3 Å². The summed E-state index contributed by atoms with van der Waals surface area (Å²) in [6.07, 6.45) is 9.92. The van der Waals surface area contributed by atoms with Crippen LogP contribution in [0.15, 0.2) is 0 Å². The number of hydrogen-bond donors (Lipinski definition) is 2. The van der Waals surface area contributed by atoms with Crippen molar-refractivity contribution in [3.8, 4) is 0 Å². The van der Waals surface area contributed by atoms with E-state index < -0.39 is 6.04 Å². The molecule has 0 radical (unpaired) electrons. The summed E-state index contributed by atoms with van der Waals surface area (Å²) in [6, 6.07) is -0.426. The lowest BCUT2D eigenvalue weighted by molar-refractivity contribution is -0.146. The summed E-state index contributed by atoms with van der Waals surface area (Å²) in [6.45, 7) is 4.04. The first-order valence-electron chi connectivity index (χ1n) is 8.40. The van der Waals surface area contributed by atoms with Gasteiger partial charge in [-0.1, -0.05) is 51.9 Å². The number of carbonyl (C=O) groups is 2. The van der Waals surface area contributed by atoms with Crippen molar-refractivity contribution in [2.24, 2.45) is 0 Å². The summed E-state index contributed by atoms with van der Waals surface area (Å²) in [5, 5.41) is 5.76. The SMILES string of the molecule is CCCCCCCCCCOC(=O)C[C@H]1NCCNC1=O. The van der Waals surface area contributed by atoms with E-state index in [0.717, 1.165) is 12.8 Å². The quantitative estimate of drug-likeness (QED) is 0.453. The second kappa shape index (κ2) is 11.5. The van der Waals surface area contributed by atoms with Gasteiger partial charge >= 0.3 is 5.97 Å². The van der Waals surface area contributed by atoms with Crippen molar-refractivity contribution in [3.05, 3.63) is 0 Å². The molecule has 1 aliphatic heterocycles. The molecule has 1 saturated heterocycles. The average molecular weight is 298 g/mol. The maximum absolute atomic E-state index is 11.6. The summed E-state index contributed by atoms with van der Waals surface area (Å²) < 4.78 is 5.18. The highest BCUT2D eigenvalue weighted by Gasteiger charge is 2.24. The molecule has 0 unspecified atom stereocenters. The number of unbranched alkanes of at least 4 members (excludes halogenated alkanes) is 7. The minimum atomic E-state index is -0.426. The Morgan fingerprint density at radius 3 is 2.43 bits per heavy atom. The third kappa shape index (κ3) is 8.71. The van der Waals surface area contributed by atoms with E-state index in [9.17, 15) is 9.59 Å². The monoisotopic (exact) mass is 298 g/mol. The van der Waals surface area contributed by atoms with Crippen LogP contribution in [0.2, 0.25) is 0 Å².